The van der Waals surface area contributed by atoms with Gasteiger partial charge in [-0.15, -0.1) is 6.42 Å². The number of carbonyl (C=O) groups excluding carboxylic acids is 2. The summed E-state index contributed by atoms with van der Waals surface area (Å²) in [5, 5.41) is 42.3. The molecule has 3 aromatic rings. The SMILES string of the molecule is C#CCOc1cc(O[C@@H]2O[C@H](C(=O)O)[C@@H](O)[C@H](O)[C@H]2O)ccc1COC(=O)NCCc1cc2c(cc1OC)C(=O)N1C=C(c3ccc(OC)cc3)CC1C=N2. The molecule has 288 valence electrons. The molecule has 1 fully saturated rings. The predicted octanol–water partition coefficient (Wildman–Crippen LogP) is 2.43. The number of aliphatic hydroxyl groups is 3. The number of ether oxygens (including phenoxy) is 6. The fourth-order valence-electron chi connectivity index (χ4n) is 6.31. The van der Waals surface area contributed by atoms with Crippen molar-refractivity contribution in [3.8, 4) is 35.3 Å². The van der Waals surface area contributed by atoms with Gasteiger partial charge in [-0.1, -0.05) is 18.1 Å². The van der Waals surface area contributed by atoms with Gasteiger partial charge in [0.15, 0.2) is 6.10 Å². The van der Waals surface area contributed by atoms with E-state index in [9.17, 15) is 34.8 Å². The molecule has 1 unspecified atom stereocenters. The van der Waals surface area contributed by atoms with E-state index in [1.54, 1.807) is 30.4 Å². The molecule has 0 saturated carbocycles. The molecular weight excluding hydrogens is 718 g/mol. The highest BCUT2D eigenvalue weighted by Gasteiger charge is 2.48. The molecule has 1 saturated heterocycles. The van der Waals surface area contributed by atoms with Crippen LogP contribution in [0.1, 0.15) is 33.5 Å². The minimum Gasteiger partial charge on any atom is -0.497 e. The number of hydrogen-bond acceptors (Lipinski definition) is 13. The van der Waals surface area contributed by atoms with Crippen LogP contribution in [-0.4, -0.2) is 114 Å². The summed E-state index contributed by atoms with van der Waals surface area (Å²) in [4.78, 5) is 44.2. The van der Waals surface area contributed by atoms with Gasteiger partial charge in [-0.25, -0.2) is 9.59 Å². The lowest BCUT2D eigenvalue weighted by Gasteiger charge is -2.38. The van der Waals surface area contributed by atoms with Gasteiger partial charge in [-0.2, -0.15) is 0 Å². The molecule has 3 aliphatic heterocycles. The first kappa shape index (κ1) is 38.6. The van der Waals surface area contributed by atoms with E-state index in [0.717, 1.165) is 16.9 Å². The number of carboxylic acids is 1. The van der Waals surface area contributed by atoms with E-state index in [-0.39, 0.29) is 43.2 Å². The number of carbonyl (C=O) groups is 3. The van der Waals surface area contributed by atoms with E-state index in [2.05, 4.69) is 16.2 Å². The van der Waals surface area contributed by atoms with E-state index in [1.807, 2.05) is 30.5 Å². The van der Waals surface area contributed by atoms with Crippen LogP contribution in [0.4, 0.5) is 10.5 Å². The van der Waals surface area contributed by atoms with Crippen LogP contribution >= 0.6 is 0 Å². The number of fused-ring (bicyclic) bond motifs is 2. The number of carboxylic acid groups (broad SMARTS) is 1. The van der Waals surface area contributed by atoms with E-state index in [0.29, 0.717) is 41.0 Å². The molecule has 2 amide bonds. The number of aliphatic imine (C=N–C) groups is 1. The van der Waals surface area contributed by atoms with Crippen molar-refractivity contribution in [1.29, 1.82) is 0 Å². The molecule has 55 heavy (non-hydrogen) atoms. The summed E-state index contributed by atoms with van der Waals surface area (Å²) >= 11 is 0. The van der Waals surface area contributed by atoms with Crippen molar-refractivity contribution >= 4 is 35.4 Å². The number of nitrogens with zero attached hydrogens (tertiary/aromatic N) is 2. The maximum absolute atomic E-state index is 13.7. The van der Waals surface area contributed by atoms with Crippen LogP contribution in [-0.2, 0) is 27.3 Å². The summed E-state index contributed by atoms with van der Waals surface area (Å²) in [5.41, 5.74) is 3.98. The molecule has 16 heteroatoms. The number of benzene rings is 3. The third-order valence-corrected chi connectivity index (χ3v) is 9.23. The molecule has 3 heterocycles. The maximum Gasteiger partial charge on any atom is 0.407 e. The van der Waals surface area contributed by atoms with Crippen molar-refractivity contribution in [1.82, 2.24) is 10.2 Å². The monoisotopic (exact) mass is 757 g/mol. The van der Waals surface area contributed by atoms with Gasteiger partial charge in [0.25, 0.3) is 5.91 Å². The first-order valence-electron chi connectivity index (χ1n) is 17.1. The minimum absolute atomic E-state index is 0.0351. The lowest BCUT2D eigenvalue weighted by Crippen LogP contribution is -2.61. The fraction of sp³-hybridized carbons (Fsp3) is 0.333. The van der Waals surface area contributed by atoms with Crippen molar-refractivity contribution in [2.75, 3.05) is 27.4 Å². The van der Waals surface area contributed by atoms with E-state index in [4.69, 9.17) is 34.8 Å². The number of hydrogen-bond donors (Lipinski definition) is 5. The van der Waals surface area contributed by atoms with Crippen LogP contribution in [0.25, 0.3) is 5.57 Å². The summed E-state index contributed by atoms with van der Waals surface area (Å²) in [6.07, 6.45) is 0.162. The zero-order valence-electron chi connectivity index (χ0n) is 29.8. The molecule has 5 N–H and O–H groups in total. The number of alkyl carbamates (subject to hydrolysis) is 1. The lowest BCUT2D eigenvalue weighted by molar-refractivity contribution is -0.271. The molecule has 6 atom stereocenters. The van der Waals surface area contributed by atoms with Crippen LogP contribution < -0.4 is 24.3 Å². The first-order chi connectivity index (χ1) is 26.5. The Kier molecular flexibility index (Phi) is 11.9. The maximum atomic E-state index is 13.7. The van der Waals surface area contributed by atoms with Crippen LogP contribution in [0, 0.1) is 12.3 Å². The largest absolute Gasteiger partial charge is 0.497 e. The number of aliphatic hydroxyl groups excluding tert-OH is 3. The highest BCUT2D eigenvalue weighted by Crippen LogP contribution is 2.37. The van der Waals surface area contributed by atoms with Crippen LogP contribution in [0.3, 0.4) is 0 Å². The third-order valence-electron chi connectivity index (χ3n) is 9.23. The summed E-state index contributed by atoms with van der Waals surface area (Å²) in [6.45, 7) is -0.245. The third kappa shape index (κ3) is 8.50. The highest BCUT2D eigenvalue weighted by molar-refractivity contribution is 6.05. The molecule has 0 aromatic heterocycles. The summed E-state index contributed by atoms with van der Waals surface area (Å²) in [7, 11) is 3.11. The Labute approximate surface area is 315 Å². The molecule has 0 spiro atoms. The smallest absolute Gasteiger partial charge is 0.407 e. The Morgan fingerprint density at radius 2 is 1.75 bits per heavy atom. The Bertz CT molecular complexity index is 2030. The molecular formula is C39H39N3O13. The quantitative estimate of drug-likeness (QED) is 0.159. The van der Waals surface area contributed by atoms with E-state index < -0.39 is 42.8 Å². The lowest BCUT2D eigenvalue weighted by atomic mass is 9.99. The van der Waals surface area contributed by atoms with Gasteiger partial charge in [0, 0.05) is 37.0 Å². The second kappa shape index (κ2) is 16.9. The average Bonchev–Trinajstić information content (AvgIpc) is 3.58. The summed E-state index contributed by atoms with van der Waals surface area (Å²) in [6, 6.07) is 15.1. The molecule has 3 aliphatic rings. The summed E-state index contributed by atoms with van der Waals surface area (Å²) in [5.74, 6) is 1.96. The zero-order valence-corrected chi connectivity index (χ0v) is 29.8. The second-order valence-corrected chi connectivity index (χ2v) is 12.7. The fourth-order valence-corrected chi connectivity index (χ4v) is 6.31. The standard InChI is InChI=1S/C39H39N3O13/c1-4-13-52-31-16-27(54-38-34(45)32(43)33(44)35(55-38)37(47)48)10-7-23(31)20-53-39(49)40-12-11-22-15-29-28(17-30(22)51-3)36(46)42-19-24(14-25(42)18-41-29)21-5-8-26(50-2)9-6-21/h1,5-10,15-19,25,32-35,38,43-45H,11-14,20H2,2-3H3,(H,40,49)(H,47,48)/t25?,32-,33-,34+,35-,38+/m0/s1. The van der Waals surface area contributed by atoms with Crippen molar-refractivity contribution < 1.29 is 63.2 Å². The van der Waals surface area contributed by atoms with Gasteiger partial charge in [0.2, 0.25) is 6.29 Å². The zero-order chi connectivity index (χ0) is 39.2. The van der Waals surface area contributed by atoms with Gasteiger partial charge >= 0.3 is 12.1 Å². The highest BCUT2D eigenvalue weighted by atomic mass is 16.7. The Morgan fingerprint density at radius 3 is 2.45 bits per heavy atom. The topological polar surface area (TPSA) is 215 Å². The predicted molar refractivity (Wildman–Crippen MR) is 194 cm³/mol. The number of aliphatic carboxylic acids is 1. The molecule has 3 aromatic carbocycles. The van der Waals surface area contributed by atoms with Crippen molar-refractivity contribution in [2.24, 2.45) is 4.99 Å². The van der Waals surface area contributed by atoms with Crippen LogP contribution in [0.15, 0.2) is 65.8 Å². The molecule has 0 aliphatic carbocycles. The van der Waals surface area contributed by atoms with Crippen molar-refractivity contribution in [2.45, 2.75) is 56.2 Å². The van der Waals surface area contributed by atoms with Gasteiger partial charge in [0.05, 0.1) is 31.5 Å². The van der Waals surface area contributed by atoms with Crippen LogP contribution in [0.2, 0.25) is 0 Å². The van der Waals surface area contributed by atoms with Crippen LogP contribution in [0.5, 0.6) is 23.0 Å². The molecule has 0 bridgehead atoms. The Balaban J connectivity index is 1.06. The first-order valence-corrected chi connectivity index (χ1v) is 17.1. The second-order valence-electron chi connectivity index (χ2n) is 12.7. The van der Waals surface area contributed by atoms with Gasteiger partial charge in [-0.05, 0) is 59.5 Å². The van der Waals surface area contributed by atoms with E-state index in [1.165, 1.54) is 25.3 Å². The molecule has 16 nitrogen and oxygen atoms in total. The summed E-state index contributed by atoms with van der Waals surface area (Å²) < 4.78 is 32.6. The Morgan fingerprint density at radius 1 is 0.982 bits per heavy atom. The number of terminal acetylenes is 1. The average molecular weight is 758 g/mol. The number of rotatable bonds is 13. The minimum atomic E-state index is -1.88. The van der Waals surface area contributed by atoms with E-state index >= 15 is 0 Å². The van der Waals surface area contributed by atoms with Crippen molar-refractivity contribution in [3.05, 3.63) is 83.1 Å². The molecule has 6 rings (SSSR count). The number of amides is 2. The number of nitrogens with one attached hydrogen (secondary N) is 1. The molecule has 0 radical (unpaired) electrons. The van der Waals surface area contributed by atoms with Crippen molar-refractivity contribution in [3.63, 3.8) is 0 Å². The Hall–Kier alpha value is -6.12. The van der Waals surface area contributed by atoms with Gasteiger partial charge in [-0.3, -0.25) is 9.79 Å². The normalized spacial score (nSPS) is 22.7. The van der Waals surface area contributed by atoms with Gasteiger partial charge in [0.1, 0.15) is 54.5 Å². The van der Waals surface area contributed by atoms with Gasteiger partial charge < -0.3 is 59.1 Å². The number of methoxy groups -OCH3 is 2.